The van der Waals surface area contributed by atoms with Crippen molar-refractivity contribution in [1.29, 1.82) is 0 Å². The molecule has 0 fully saturated rings. The van der Waals surface area contributed by atoms with Crippen LogP contribution in [0, 0.1) is 0 Å². The number of nitrogens with two attached hydrogens (primary N) is 2. The maximum atomic E-state index is 11.0. The third-order valence-electron chi connectivity index (χ3n) is 3.07. The summed E-state index contributed by atoms with van der Waals surface area (Å²) in [6.07, 6.45) is -5.08. The van der Waals surface area contributed by atoms with E-state index in [0.717, 1.165) is 11.1 Å². The number of halogens is 3. The van der Waals surface area contributed by atoms with Crippen LogP contribution in [0.25, 0.3) is 0 Å². The van der Waals surface area contributed by atoms with Gasteiger partial charge in [-0.05, 0) is 23.3 Å². The molecule has 0 aliphatic carbocycles. The zero-order chi connectivity index (χ0) is 21.3. The van der Waals surface area contributed by atoms with Crippen LogP contribution in [0.15, 0.2) is 59.6 Å². The van der Waals surface area contributed by atoms with Gasteiger partial charge in [0.25, 0.3) is 0 Å². The van der Waals surface area contributed by atoms with Gasteiger partial charge in [0.05, 0.1) is 11.7 Å². The van der Waals surface area contributed by atoms with Gasteiger partial charge in [0.2, 0.25) is 0 Å². The summed E-state index contributed by atoms with van der Waals surface area (Å²) < 4.78 is 56.2. The fourth-order valence-electron chi connectivity index (χ4n) is 1.96. The number of carbonyl (C=O) groups is 1. The molecule has 2 atom stereocenters. The molecule has 0 aliphatic rings. The van der Waals surface area contributed by atoms with Gasteiger partial charge in [-0.3, -0.25) is 4.21 Å². The van der Waals surface area contributed by atoms with E-state index in [-0.39, 0.29) is 5.96 Å². The Bertz CT molecular complexity index is 826. The number of aliphatic carboxylic acids is 1. The van der Waals surface area contributed by atoms with Crippen LogP contribution in [0.1, 0.15) is 17.2 Å². The fourth-order valence-corrected chi connectivity index (χ4v) is 2.43. The van der Waals surface area contributed by atoms with Crippen molar-refractivity contribution in [2.45, 2.75) is 12.2 Å². The normalized spacial score (nSPS) is 12.9. The molecule has 0 radical (unpaired) electrons. The number of nitrogens with zero attached hydrogens (tertiary/aromatic N) is 1. The summed E-state index contributed by atoms with van der Waals surface area (Å²) in [7, 11) is 0. The van der Waals surface area contributed by atoms with Gasteiger partial charge >= 0.3 is 12.1 Å². The van der Waals surface area contributed by atoms with Crippen molar-refractivity contribution in [3.05, 3.63) is 65.7 Å². The van der Waals surface area contributed by atoms with E-state index in [1.807, 2.05) is 30.3 Å². The van der Waals surface area contributed by atoms with Crippen molar-refractivity contribution in [1.82, 2.24) is 4.72 Å². The lowest BCUT2D eigenvalue weighted by atomic mass is 9.99. The zero-order valence-corrected chi connectivity index (χ0v) is 14.9. The summed E-state index contributed by atoms with van der Waals surface area (Å²) >= 11 is -2.38. The SMILES string of the molecule is NC(N)=Nc1ccc(C(NS(=O)[O-])c2ccccc2)cc1.O=C(O)C(F)(F)F. The fraction of sp³-hybridized carbons (Fsp3) is 0.125. The van der Waals surface area contributed by atoms with Crippen molar-refractivity contribution in [3.63, 3.8) is 0 Å². The van der Waals surface area contributed by atoms with Crippen molar-refractivity contribution in [2.24, 2.45) is 16.5 Å². The van der Waals surface area contributed by atoms with Gasteiger partial charge in [-0.15, -0.1) is 0 Å². The number of aliphatic imine (C=N–C) groups is 1. The molecule has 8 nitrogen and oxygen atoms in total. The second-order valence-corrected chi connectivity index (χ2v) is 5.83. The Labute approximate surface area is 160 Å². The number of alkyl halides is 3. The Morgan fingerprint density at radius 1 is 1.07 bits per heavy atom. The molecule has 0 heterocycles. The maximum absolute atomic E-state index is 11.0. The molecule has 2 aromatic carbocycles. The van der Waals surface area contributed by atoms with Crippen LogP contribution < -0.4 is 16.2 Å². The van der Waals surface area contributed by atoms with Gasteiger partial charge in [-0.25, -0.2) is 14.5 Å². The Balaban J connectivity index is 0.000000480. The Morgan fingerprint density at radius 3 is 1.93 bits per heavy atom. The quantitative estimate of drug-likeness (QED) is 0.330. The summed E-state index contributed by atoms with van der Waals surface area (Å²) in [5.74, 6) is -2.78. The van der Waals surface area contributed by atoms with E-state index >= 15 is 0 Å². The van der Waals surface area contributed by atoms with Crippen LogP contribution >= 0.6 is 0 Å². The number of hydrogen-bond acceptors (Lipinski definition) is 4. The minimum absolute atomic E-state index is 0.0267. The van der Waals surface area contributed by atoms with Crippen molar-refractivity contribution in [3.8, 4) is 0 Å². The predicted octanol–water partition coefficient (Wildman–Crippen LogP) is 1.70. The van der Waals surface area contributed by atoms with Gasteiger partial charge in [0.1, 0.15) is 0 Å². The van der Waals surface area contributed by atoms with Gasteiger partial charge in [0.15, 0.2) is 5.96 Å². The van der Waals surface area contributed by atoms with Crippen molar-refractivity contribution in [2.75, 3.05) is 0 Å². The standard InChI is InChI=1S/C14H16N4O2S.C2HF3O2/c15-14(16)17-12-8-6-11(7-9-12)13(18-21(19)20)10-4-2-1-3-5-10;3-2(4,5)1(6)7/h1-9,13,18H,(H,19,20)(H4,15,16,17);(H,6,7)/p-1. The van der Waals surface area contributed by atoms with E-state index in [1.165, 1.54) is 0 Å². The predicted molar refractivity (Wildman–Crippen MR) is 95.9 cm³/mol. The van der Waals surface area contributed by atoms with Crippen LogP contribution in [0.3, 0.4) is 0 Å². The van der Waals surface area contributed by atoms with Crippen molar-refractivity contribution >= 4 is 28.9 Å². The largest absolute Gasteiger partial charge is 0.760 e. The Morgan fingerprint density at radius 2 is 1.54 bits per heavy atom. The summed E-state index contributed by atoms with van der Waals surface area (Å²) in [6.45, 7) is 0. The summed E-state index contributed by atoms with van der Waals surface area (Å²) in [4.78, 5) is 12.8. The van der Waals surface area contributed by atoms with Crippen molar-refractivity contribution < 1.29 is 31.8 Å². The van der Waals surface area contributed by atoms with Crippen LogP contribution in [0.5, 0.6) is 0 Å². The second kappa shape index (κ2) is 10.4. The molecule has 0 spiro atoms. The molecule has 12 heteroatoms. The number of guanidine groups is 1. The average molecular weight is 417 g/mol. The number of hydrogen-bond donors (Lipinski definition) is 4. The highest BCUT2D eigenvalue weighted by molar-refractivity contribution is 7.77. The number of carboxylic acid groups (broad SMARTS) is 1. The zero-order valence-electron chi connectivity index (χ0n) is 14.1. The highest BCUT2D eigenvalue weighted by atomic mass is 32.2. The number of nitrogens with one attached hydrogen (secondary N) is 1. The Hall–Kier alpha value is -2.96. The molecule has 2 unspecified atom stereocenters. The first kappa shape index (κ1) is 23.1. The molecular weight excluding hydrogens is 401 g/mol. The van der Waals surface area contributed by atoms with Crippen LogP contribution in [-0.2, 0) is 16.1 Å². The molecule has 0 saturated carbocycles. The lowest BCUT2D eigenvalue weighted by Crippen LogP contribution is -2.24. The molecule has 152 valence electrons. The summed E-state index contributed by atoms with van der Waals surface area (Å²) in [6, 6.07) is 15.8. The number of carboxylic acids is 1. The topological polar surface area (TPSA) is 154 Å². The van der Waals surface area contributed by atoms with E-state index in [9.17, 15) is 21.9 Å². The first-order valence-electron chi connectivity index (χ1n) is 7.40. The minimum Gasteiger partial charge on any atom is -0.760 e. The lowest BCUT2D eigenvalue weighted by Gasteiger charge is -2.21. The molecular formula is C16H16F3N4O4S-. The number of benzene rings is 2. The van der Waals surface area contributed by atoms with Crippen LogP contribution in [-0.4, -0.2) is 32.0 Å². The molecule has 6 N–H and O–H groups in total. The van der Waals surface area contributed by atoms with Crippen LogP contribution in [0.2, 0.25) is 0 Å². The van der Waals surface area contributed by atoms with E-state index in [2.05, 4.69) is 9.71 Å². The summed E-state index contributed by atoms with van der Waals surface area (Å²) in [5.41, 5.74) is 12.9. The number of rotatable bonds is 5. The molecule has 2 rings (SSSR count). The third kappa shape index (κ3) is 8.16. The Kier molecular flexibility index (Phi) is 8.57. The first-order chi connectivity index (χ1) is 13.0. The average Bonchev–Trinajstić information content (AvgIpc) is 2.60. The molecule has 0 bridgehead atoms. The van der Waals surface area contributed by atoms with E-state index in [1.54, 1.807) is 24.3 Å². The molecule has 28 heavy (non-hydrogen) atoms. The molecule has 0 saturated heterocycles. The van der Waals surface area contributed by atoms with Gasteiger partial charge in [-0.1, -0.05) is 42.5 Å². The maximum Gasteiger partial charge on any atom is 0.490 e. The second-order valence-electron chi connectivity index (χ2n) is 5.13. The van der Waals surface area contributed by atoms with E-state index in [0.29, 0.717) is 5.69 Å². The molecule has 0 amide bonds. The van der Waals surface area contributed by atoms with Gasteiger partial charge in [0, 0.05) is 11.3 Å². The van der Waals surface area contributed by atoms with Gasteiger partial charge in [-0.2, -0.15) is 13.2 Å². The lowest BCUT2D eigenvalue weighted by molar-refractivity contribution is -0.192. The first-order valence-corrected chi connectivity index (χ1v) is 8.48. The minimum atomic E-state index is -5.08. The molecule has 2 aromatic rings. The van der Waals surface area contributed by atoms with E-state index in [4.69, 9.17) is 21.4 Å². The summed E-state index contributed by atoms with van der Waals surface area (Å²) in [5, 5.41) is 7.12. The molecule has 0 aromatic heterocycles. The monoisotopic (exact) mass is 417 g/mol. The van der Waals surface area contributed by atoms with Gasteiger partial charge < -0.3 is 21.1 Å². The molecule has 0 aliphatic heterocycles. The van der Waals surface area contributed by atoms with E-state index < -0.39 is 29.5 Å². The highest BCUT2D eigenvalue weighted by Gasteiger charge is 2.38. The smallest absolute Gasteiger partial charge is 0.490 e. The van der Waals surface area contributed by atoms with Crippen LogP contribution in [0.4, 0.5) is 18.9 Å². The highest BCUT2D eigenvalue weighted by Crippen LogP contribution is 2.24. The third-order valence-corrected chi connectivity index (χ3v) is 3.50.